The normalized spacial score (nSPS) is 28.9. The van der Waals surface area contributed by atoms with E-state index < -0.39 is 18.2 Å². The number of nitrogens with zero attached hydrogens (tertiary/aromatic N) is 1. The summed E-state index contributed by atoms with van der Waals surface area (Å²) in [4.78, 5) is 13.0. The molecule has 1 saturated heterocycles. The highest BCUT2D eigenvalue weighted by Crippen LogP contribution is 2.20. The van der Waals surface area contributed by atoms with Gasteiger partial charge in [-0.05, 0) is 33.6 Å². The predicted octanol–water partition coefficient (Wildman–Crippen LogP) is 1.38. The number of aliphatic hydroxyl groups is 1. The fraction of sp³-hybridized carbons (Fsp3) is 0.900. The number of ether oxygens (including phenoxy) is 1. The van der Waals surface area contributed by atoms with Crippen molar-refractivity contribution in [3.63, 3.8) is 0 Å². The number of aliphatic hydroxyl groups excluding tert-OH is 1. The topological polar surface area (TPSA) is 49.8 Å². The SMILES string of the molecule is [2H][C@@H]1CC[C@@H](CO)N1C(=O)OC(C)(C)C. The number of hydrogen-bond acceptors (Lipinski definition) is 3. The highest BCUT2D eigenvalue weighted by Gasteiger charge is 2.31. The van der Waals surface area contributed by atoms with Gasteiger partial charge in [-0.15, -0.1) is 0 Å². The molecular formula is C10H19NO3. The van der Waals surface area contributed by atoms with Crippen molar-refractivity contribution in [1.82, 2.24) is 4.90 Å². The molecule has 0 aromatic carbocycles. The number of hydrogen-bond donors (Lipinski definition) is 1. The molecule has 4 nitrogen and oxygen atoms in total. The smallest absolute Gasteiger partial charge is 0.410 e. The Hall–Kier alpha value is -0.770. The van der Waals surface area contributed by atoms with Crippen LogP contribution in [-0.4, -0.2) is 40.9 Å². The van der Waals surface area contributed by atoms with Crippen LogP contribution in [0, 0.1) is 0 Å². The molecule has 0 unspecified atom stereocenters. The van der Waals surface area contributed by atoms with Gasteiger partial charge in [0.25, 0.3) is 0 Å². The fourth-order valence-corrected chi connectivity index (χ4v) is 1.41. The zero-order valence-electron chi connectivity index (χ0n) is 9.99. The number of carbonyl (C=O) groups excluding carboxylic acids is 1. The third-order valence-corrected chi connectivity index (χ3v) is 2.03. The molecule has 1 aliphatic heterocycles. The van der Waals surface area contributed by atoms with Crippen molar-refractivity contribution in [1.29, 1.82) is 0 Å². The third kappa shape index (κ3) is 2.87. The fourth-order valence-electron chi connectivity index (χ4n) is 1.41. The highest BCUT2D eigenvalue weighted by molar-refractivity contribution is 5.68. The van der Waals surface area contributed by atoms with Crippen molar-refractivity contribution >= 4 is 6.09 Å². The van der Waals surface area contributed by atoms with Gasteiger partial charge in [-0.25, -0.2) is 4.79 Å². The van der Waals surface area contributed by atoms with E-state index >= 15 is 0 Å². The first-order chi connectivity index (χ1) is 6.85. The van der Waals surface area contributed by atoms with Crippen LogP contribution < -0.4 is 0 Å². The zero-order chi connectivity index (χ0) is 11.6. The molecule has 1 fully saturated rings. The Morgan fingerprint density at radius 2 is 2.36 bits per heavy atom. The van der Waals surface area contributed by atoms with Gasteiger partial charge in [-0.2, -0.15) is 0 Å². The molecule has 1 amide bonds. The number of rotatable bonds is 1. The van der Waals surface area contributed by atoms with Gasteiger partial charge >= 0.3 is 6.09 Å². The van der Waals surface area contributed by atoms with E-state index in [1.54, 1.807) is 20.8 Å². The van der Waals surface area contributed by atoms with Gasteiger partial charge in [0.15, 0.2) is 0 Å². The quantitative estimate of drug-likeness (QED) is 0.698. The van der Waals surface area contributed by atoms with Gasteiger partial charge in [-0.3, -0.25) is 0 Å². The molecule has 82 valence electrons. The van der Waals surface area contributed by atoms with Gasteiger partial charge in [0.05, 0.1) is 12.6 Å². The summed E-state index contributed by atoms with van der Waals surface area (Å²) in [6, 6.07) is -0.262. The first kappa shape index (κ1) is 9.77. The maximum Gasteiger partial charge on any atom is 0.410 e. The molecule has 2 atom stereocenters. The molecule has 1 N–H and O–H groups in total. The lowest BCUT2D eigenvalue weighted by Crippen LogP contribution is -2.41. The van der Waals surface area contributed by atoms with Gasteiger partial charge in [0, 0.05) is 7.89 Å². The van der Waals surface area contributed by atoms with Crippen molar-refractivity contribution in [3.05, 3.63) is 0 Å². The summed E-state index contributed by atoms with van der Waals surface area (Å²) in [5.41, 5.74) is -0.556. The van der Waals surface area contributed by atoms with Gasteiger partial charge in [-0.1, -0.05) is 0 Å². The van der Waals surface area contributed by atoms with E-state index in [2.05, 4.69) is 0 Å². The van der Waals surface area contributed by atoms with E-state index in [1.807, 2.05) is 0 Å². The molecule has 1 rings (SSSR count). The van der Waals surface area contributed by atoms with Crippen molar-refractivity contribution in [2.75, 3.05) is 13.1 Å². The van der Waals surface area contributed by atoms with Gasteiger partial charge in [0.1, 0.15) is 5.60 Å². The van der Waals surface area contributed by atoms with E-state index in [0.29, 0.717) is 12.8 Å². The highest BCUT2D eigenvalue weighted by atomic mass is 16.6. The standard InChI is InChI=1S/C10H19NO3/c1-10(2,3)14-9(13)11-6-4-5-8(11)7-12/h8,12H,4-7H2,1-3H3/t8-/m0/s1/i6D/t6-,8+/m1. The van der Waals surface area contributed by atoms with Crippen LogP contribution >= 0.6 is 0 Å². The maximum atomic E-state index is 11.7. The summed E-state index contributed by atoms with van der Waals surface area (Å²) in [6.45, 7) is 4.67. The van der Waals surface area contributed by atoms with E-state index in [0.717, 1.165) is 0 Å². The Labute approximate surface area is 86.3 Å². The average molecular weight is 202 g/mol. The van der Waals surface area contributed by atoms with Crippen LogP contribution in [-0.2, 0) is 4.74 Å². The maximum absolute atomic E-state index is 11.7. The van der Waals surface area contributed by atoms with Crippen LogP contribution in [0.5, 0.6) is 0 Å². The van der Waals surface area contributed by atoms with Crippen LogP contribution in [0.25, 0.3) is 0 Å². The van der Waals surface area contributed by atoms with Crippen LogP contribution in [0.1, 0.15) is 35.0 Å². The summed E-state index contributed by atoms with van der Waals surface area (Å²) in [7, 11) is 0. The zero-order valence-corrected chi connectivity index (χ0v) is 8.99. The van der Waals surface area contributed by atoms with E-state index in [9.17, 15) is 4.79 Å². The molecule has 0 saturated carbocycles. The molecule has 4 heteroatoms. The second-order valence-electron chi connectivity index (χ2n) is 4.48. The Bertz CT molecular complexity index is 239. The molecule has 14 heavy (non-hydrogen) atoms. The number of amides is 1. The summed E-state index contributed by atoms with van der Waals surface area (Å²) < 4.78 is 12.9. The molecule has 0 aliphatic carbocycles. The Morgan fingerprint density at radius 1 is 1.71 bits per heavy atom. The summed E-state index contributed by atoms with van der Waals surface area (Å²) >= 11 is 0. The monoisotopic (exact) mass is 202 g/mol. The van der Waals surface area contributed by atoms with E-state index in [4.69, 9.17) is 11.2 Å². The molecule has 0 bridgehead atoms. The van der Waals surface area contributed by atoms with Crippen molar-refractivity contribution in [2.24, 2.45) is 0 Å². The van der Waals surface area contributed by atoms with Crippen LogP contribution in [0.3, 0.4) is 0 Å². The lowest BCUT2D eigenvalue weighted by atomic mass is 10.2. The second kappa shape index (κ2) is 4.17. The molecule has 0 spiro atoms. The molecule has 1 aliphatic rings. The summed E-state index contributed by atoms with van der Waals surface area (Å²) in [5, 5.41) is 9.07. The van der Waals surface area contributed by atoms with Gasteiger partial charge < -0.3 is 14.7 Å². The average Bonchev–Trinajstić information content (AvgIpc) is 2.43. The molecular weight excluding hydrogens is 182 g/mol. The minimum atomic E-state index is -0.586. The molecule has 0 radical (unpaired) electrons. The Morgan fingerprint density at radius 3 is 2.86 bits per heavy atom. The lowest BCUT2D eigenvalue weighted by molar-refractivity contribution is 0.0176. The number of likely N-dealkylation sites (tertiary alicyclic amines) is 1. The van der Waals surface area contributed by atoms with Crippen molar-refractivity contribution in [2.45, 2.75) is 45.3 Å². The second-order valence-corrected chi connectivity index (χ2v) is 4.48. The molecule has 0 aromatic rings. The molecule has 1 heterocycles. The van der Waals surface area contributed by atoms with Crippen molar-refractivity contribution in [3.8, 4) is 0 Å². The van der Waals surface area contributed by atoms with Crippen LogP contribution in [0.15, 0.2) is 0 Å². The predicted molar refractivity (Wildman–Crippen MR) is 53.0 cm³/mol. The Balaban J connectivity index is 2.64. The van der Waals surface area contributed by atoms with Gasteiger partial charge in [0.2, 0.25) is 0 Å². The van der Waals surface area contributed by atoms with E-state index in [1.165, 1.54) is 4.90 Å². The minimum absolute atomic E-state index is 0.103. The van der Waals surface area contributed by atoms with E-state index in [-0.39, 0.29) is 12.6 Å². The van der Waals surface area contributed by atoms with Crippen LogP contribution in [0.2, 0.25) is 0 Å². The number of carbonyl (C=O) groups is 1. The summed E-state index contributed by atoms with van der Waals surface area (Å²) in [6.07, 6.45) is 0.771. The lowest BCUT2D eigenvalue weighted by Gasteiger charge is -2.27. The molecule has 0 aromatic heterocycles. The Kier molecular flexibility index (Phi) is 2.91. The van der Waals surface area contributed by atoms with Crippen molar-refractivity contribution < 1.29 is 16.0 Å². The summed E-state index contributed by atoms with van der Waals surface area (Å²) in [5.74, 6) is 0. The largest absolute Gasteiger partial charge is 0.444 e. The minimum Gasteiger partial charge on any atom is -0.444 e. The van der Waals surface area contributed by atoms with Crippen LogP contribution in [0.4, 0.5) is 4.79 Å². The first-order valence-corrected chi connectivity index (χ1v) is 4.89. The first-order valence-electron chi connectivity index (χ1n) is 5.47. The third-order valence-electron chi connectivity index (χ3n) is 2.03.